The molecule has 3 rings (SSSR count). The van der Waals surface area contributed by atoms with E-state index in [4.69, 9.17) is 5.11 Å². The fraction of sp³-hybridized carbons (Fsp3) is 0.231. The first-order valence-corrected chi connectivity index (χ1v) is 5.71. The maximum absolute atomic E-state index is 11.1. The fourth-order valence-electron chi connectivity index (χ4n) is 2.55. The van der Waals surface area contributed by atoms with Gasteiger partial charge in [0.15, 0.2) is 0 Å². The average Bonchev–Trinajstić information content (AvgIpc) is 2.73. The highest BCUT2D eigenvalue weighted by atomic mass is 16.4. The second-order valence-electron chi connectivity index (χ2n) is 4.61. The topological polar surface area (TPSA) is 86.2 Å². The molecule has 0 aliphatic heterocycles. The number of nitrogens with one attached hydrogen (secondary N) is 1. The zero-order chi connectivity index (χ0) is 12.9. The summed E-state index contributed by atoms with van der Waals surface area (Å²) in [5, 5.41) is 25.3. The maximum atomic E-state index is 11.1. The Morgan fingerprint density at radius 2 is 2.28 bits per heavy atom. The number of carboxylic acids is 1. The summed E-state index contributed by atoms with van der Waals surface area (Å²) in [4.78, 5) is 11.1. The van der Waals surface area contributed by atoms with Gasteiger partial charge in [-0.25, -0.2) is 4.79 Å². The number of rotatable bonds is 1. The smallest absolute Gasteiger partial charge is 0.354 e. The van der Waals surface area contributed by atoms with Gasteiger partial charge in [-0.05, 0) is 36.1 Å². The molecule has 5 nitrogen and oxygen atoms in total. The van der Waals surface area contributed by atoms with E-state index in [1.807, 2.05) is 6.92 Å². The van der Waals surface area contributed by atoms with Crippen LogP contribution in [0.4, 0.5) is 0 Å². The third-order valence-corrected chi connectivity index (χ3v) is 3.41. The van der Waals surface area contributed by atoms with E-state index >= 15 is 0 Å². The number of phenols is 1. The first-order valence-electron chi connectivity index (χ1n) is 5.71. The van der Waals surface area contributed by atoms with Crippen molar-refractivity contribution in [3.8, 4) is 17.0 Å². The molecular formula is C13H12N2O3. The van der Waals surface area contributed by atoms with E-state index in [9.17, 15) is 9.90 Å². The van der Waals surface area contributed by atoms with Gasteiger partial charge in [0.1, 0.15) is 11.4 Å². The highest BCUT2D eigenvalue weighted by molar-refractivity contribution is 5.90. The number of carbonyl (C=O) groups is 1. The molecule has 1 unspecified atom stereocenters. The monoisotopic (exact) mass is 244 g/mol. The summed E-state index contributed by atoms with van der Waals surface area (Å²) >= 11 is 0. The zero-order valence-electron chi connectivity index (χ0n) is 9.77. The van der Waals surface area contributed by atoms with Crippen LogP contribution in [0.1, 0.15) is 34.5 Å². The zero-order valence-corrected chi connectivity index (χ0v) is 9.77. The average molecular weight is 244 g/mol. The molecule has 1 atom stereocenters. The van der Waals surface area contributed by atoms with E-state index < -0.39 is 5.97 Å². The summed E-state index contributed by atoms with van der Waals surface area (Å²) in [7, 11) is 0. The van der Waals surface area contributed by atoms with Gasteiger partial charge in [0.2, 0.25) is 0 Å². The van der Waals surface area contributed by atoms with Crippen molar-refractivity contribution in [3.05, 3.63) is 35.0 Å². The van der Waals surface area contributed by atoms with Gasteiger partial charge in [-0.15, -0.1) is 0 Å². The van der Waals surface area contributed by atoms with Crippen molar-refractivity contribution in [1.29, 1.82) is 0 Å². The van der Waals surface area contributed by atoms with Crippen molar-refractivity contribution in [2.45, 2.75) is 19.3 Å². The Kier molecular flexibility index (Phi) is 2.16. The summed E-state index contributed by atoms with van der Waals surface area (Å²) < 4.78 is 0. The second-order valence-corrected chi connectivity index (χ2v) is 4.61. The molecule has 1 heterocycles. The number of aromatic amines is 1. The largest absolute Gasteiger partial charge is 0.508 e. The van der Waals surface area contributed by atoms with Crippen LogP contribution in [0.25, 0.3) is 11.3 Å². The van der Waals surface area contributed by atoms with Gasteiger partial charge in [0.25, 0.3) is 0 Å². The quantitative estimate of drug-likeness (QED) is 0.717. The molecule has 0 radical (unpaired) electrons. The molecule has 0 saturated heterocycles. The Morgan fingerprint density at radius 3 is 3.00 bits per heavy atom. The second kappa shape index (κ2) is 3.60. The summed E-state index contributed by atoms with van der Waals surface area (Å²) in [6.45, 7) is 2.01. The van der Waals surface area contributed by atoms with Gasteiger partial charge in [-0.3, -0.25) is 5.10 Å². The lowest BCUT2D eigenvalue weighted by molar-refractivity contribution is 0.0689. The molecule has 0 amide bonds. The number of fused-ring (bicyclic) bond motifs is 3. The van der Waals surface area contributed by atoms with Crippen molar-refractivity contribution in [2.24, 2.45) is 0 Å². The van der Waals surface area contributed by atoms with Crippen LogP contribution in [-0.4, -0.2) is 26.4 Å². The van der Waals surface area contributed by atoms with Crippen molar-refractivity contribution >= 4 is 5.97 Å². The molecule has 1 aliphatic rings. The van der Waals surface area contributed by atoms with Gasteiger partial charge in [-0.2, -0.15) is 5.10 Å². The predicted octanol–water partition coefficient (Wildman–Crippen LogP) is 2.14. The van der Waals surface area contributed by atoms with Crippen LogP contribution in [-0.2, 0) is 6.42 Å². The molecular weight excluding hydrogens is 232 g/mol. The molecule has 2 aromatic rings. The third-order valence-electron chi connectivity index (χ3n) is 3.41. The Morgan fingerprint density at radius 1 is 1.50 bits per heavy atom. The van der Waals surface area contributed by atoms with Crippen molar-refractivity contribution in [3.63, 3.8) is 0 Å². The van der Waals surface area contributed by atoms with E-state index in [1.54, 1.807) is 18.2 Å². The standard InChI is InChI=1S/C13H12N2O3/c1-6-4-10-11(14-15-12(10)13(17)18)8-3-2-7(16)5-9(6)8/h2-3,5-6,16H,4H2,1H3,(H,14,15)(H,17,18). The van der Waals surface area contributed by atoms with Crippen molar-refractivity contribution in [2.75, 3.05) is 0 Å². The minimum absolute atomic E-state index is 0.162. The first kappa shape index (κ1) is 10.8. The molecule has 5 heteroatoms. The number of carboxylic acid groups (broad SMARTS) is 1. The first-order chi connectivity index (χ1) is 8.58. The highest BCUT2D eigenvalue weighted by Crippen LogP contribution is 2.40. The van der Waals surface area contributed by atoms with Gasteiger partial charge in [-0.1, -0.05) is 6.92 Å². The Balaban J connectivity index is 2.25. The lowest BCUT2D eigenvalue weighted by atomic mass is 9.82. The maximum Gasteiger partial charge on any atom is 0.354 e. The summed E-state index contributed by atoms with van der Waals surface area (Å²) in [5.41, 5.74) is 3.49. The summed E-state index contributed by atoms with van der Waals surface area (Å²) in [6.07, 6.45) is 0.615. The fourth-order valence-corrected chi connectivity index (χ4v) is 2.55. The van der Waals surface area contributed by atoms with Gasteiger partial charge in [0, 0.05) is 11.1 Å². The number of hydrogen-bond donors (Lipinski definition) is 3. The highest BCUT2D eigenvalue weighted by Gasteiger charge is 2.28. The van der Waals surface area contributed by atoms with Gasteiger partial charge in [0.05, 0.1) is 5.69 Å². The minimum atomic E-state index is -0.988. The number of H-pyrrole nitrogens is 1. The molecule has 0 spiro atoms. The van der Waals surface area contributed by atoms with E-state index in [1.165, 1.54) is 0 Å². The van der Waals surface area contributed by atoms with Crippen LogP contribution in [0.3, 0.4) is 0 Å². The Bertz CT molecular complexity index is 646. The van der Waals surface area contributed by atoms with E-state index in [0.29, 0.717) is 12.1 Å². The number of aromatic hydroxyl groups is 1. The number of phenolic OH excluding ortho intramolecular Hbond substituents is 1. The molecule has 1 aliphatic carbocycles. The predicted molar refractivity (Wildman–Crippen MR) is 64.8 cm³/mol. The van der Waals surface area contributed by atoms with E-state index in [0.717, 1.165) is 16.7 Å². The Hall–Kier alpha value is -2.30. The number of aromatic nitrogens is 2. The number of aromatic carboxylic acids is 1. The summed E-state index contributed by atoms with van der Waals surface area (Å²) in [6, 6.07) is 5.10. The third kappa shape index (κ3) is 1.40. The van der Waals surface area contributed by atoms with Crippen LogP contribution in [0.2, 0.25) is 0 Å². The minimum Gasteiger partial charge on any atom is -0.508 e. The van der Waals surface area contributed by atoms with Crippen LogP contribution in [0, 0.1) is 0 Å². The van der Waals surface area contributed by atoms with E-state index in [2.05, 4.69) is 10.2 Å². The van der Waals surface area contributed by atoms with E-state index in [-0.39, 0.29) is 17.4 Å². The lowest BCUT2D eigenvalue weighted by Gasteiger charge is -2.22. The molecule has 18 heavy (non-hydrogen) atoms. The van der Waals surface area contributed by atoms with Crippen LogP contribution in [0.5, 0.6) is 5.75 Å². The number of hydrogen-bond acceptors (Lipinski definition) is 3. The van der Waals surface area contributed by atoms with Gasteiger partial charge < -0.3 is 10.2 Å². The van der Waals surface area contributed by atoms with Crippen molar-refractivity contribution < 1.29 is 15.0 Å². The SMILES string of the molecule is CC1Cc2c(n[nH]c2C(=O)O)-c2ccc(O)cc21. The number of nitrogens with zero attached hydrogens (tertiary/aromatic N) is 1. The summed E-state index contributed by atoms with van der Waals surface area (Å²) in [5.74, 6) is -0.605. The lowest BCUT2D eigenvalue weighted by Crippen LogP contribution is -2.10. The number of benzene rings is 1. The molecule has 1 aromatic heterocycles. The van der Waals surface area contributed by atoms with Crippen LogP contribution >= 0.6 is 0 Å². The molecule has 92 valence electrons. The molecule has 1 aromatic carbocycles. The molecule has 0 saturated carbocycles. The Labute approximate surface area is 103 Å². The van der Waals surface area contributed by atoms with Crippen molar-refractivity contribution in [1.82, 2.24) is 10.2 Å². The molecule has 0 fully saturated rings. The van der Waals surface area contributed by atoms with Crippen LogP contribution in [0.15, 0.2) is 18.2 Å². The van der Waals surface area contributed by atoms with Crippen LogP contribution < -0.4 is 0 Å². The molecule has 0 bridgehead atoms. The molecule has 3 N–H and O–H groups in total. The van der Waals surface area contributed by atoms with Gasteiger partial charge >= 0.3 is 5.97 Å². The normalized spacial score (nSPS) is 17.1.